The Morgan fingerprint density at radius 2 is 1.10 bits per heavy atom. The summed E-state index contributed by atoms with van der Waals surface area (Å²) in [5, 5.41) is 4.36. The van der Waals surface area contributed by atoms with Crippen molar-refractivity contribution in [3.05, 3.63) is 115 Å². The van der Waals surface area contributed by atoms with Gasteiger partial charge in [-0.2, -0.15) is 9.97 Å². The highest BCUT2D eigenvalue weighted by molar-refractivity contribution is 6.09. The second kappa shape index (κ2) is 8.34. The molecule has 0 radical (unpaired) electrons. The van der Waals surface area contributed by atoms with E-state index in [4.69, 9.17) is 28.8 Å². The van der Waals surface area contributed by atoms with Gasteiger partial charge in [0.2, 0.25) is 11.8 Å². The standard InChI is InChI=1S/C34H19N5O2/c1-5-13-26-21(9-1)22-10-2-6-14-27(22)39(26)34-37-31(36-32(38-34)33-35-25-12-4-8-16-29(25)41-33)20-17-18-24-23-11-3-7-15-28(23)40-30(24)19-20/h1-19H. The molecular weight excluding hydrogens is 510 g/mol. The summed E-state index contributed by atoms with van der Waals surface area (Å²) in [6.45, 7) is 0. The number of furan rings is 1. The quantitative estimate of drug-likeness (QED) is 0.229. The maximum atomic E-state index is 6.18. The van der Waals surface area contributed by atoms with Crippen LogP contribution >= 0.6 is 0 Å². The van der Waals surface area contributed by atoms with Gasteiger partial charge in [0.25, 0.3) is 5.89 Å². The summed E-state index contributed by atoms with van der Waals surface area (Å²) in [4.78, 5) is 19.5. The van der Waals surface area contributed by atoms with Crippen molar-refractivity contribution in [2.45, 2.75) is 0 Å². The molecule has 0 atom stereocenters. The van der Waals surface area contributed by atoms with Gasteiger partial charge in [-0.15, -0.1) is 0 Å². The SMILES string of the molecule is c1ccc2oc(-c3nc(-c4ccc5c(c4)oc4ccccc45)nc(-n4c5ccccc5c5ccccc54)n3)nc2c1. The van der Waals surface area contributed by atoms with Gasteiger partial charge >= 0.3 is 0 Å². The number of hydrogen-bond donors (Lipinski definition) is 0. The Balaban J connectivity index is 1.33. The number of rotatable bonds is 3. The van der Waals surface area contributed by atoms with E-state index in [0.717, 1.165) is 54.8 Å². The lowest BCUT2D eigenvalue weighted by atomic mass is 10.1. The third-order valence-electron chi connectivity index (χ3n) is 7.53. The van der Waals surface area contributed by atoms with E-state index in [1.54, 1.807) is 0 Å². The highest BCUT2D eigenvalue weighted by atomic mass is 16.3. The fourth-order valence-corrected chi connectivity index (χ4v) is 5.66. The Hall–Kier alpha value is -5.82. The molecular formula is C34H19N5O2. The fourth-order valence-electron chi connectivity index (χ4n) is 5.66. The van der Waals surface area contributed by atoms with E-state index in [2.05, 4.69) is 41.0 Å². The highest BCUT2D eigenvalue weighted by Gasteiger charge is 2.20. The van der Waals surface area contributed by atoms with Crippen molar-refractivity contribution in [1.29, 1.82) is 0 Å². The van der Waals surface area contributed by atoms with Gasteiger partial charge in [0.05, 0.1) is 11.0 Å². The zero-order chi connectivity index (χ0) is 26.9. The lowest BCUT2D eigenvalue weighted by Crippen LogP contribution is -2.06. The maximum absolute atomic E-state index is 6.18. The molecule has 0 amide bonds. The van der Waals surface area contributed by atoms with Gasteiger partial charge < -0.3 is 8.83 Å². The first-order valence-corrected chi connectivity index (χ1v) is 13.3. The van der Waals surface area contributed by atoms with Crippen molar-refractivity contribution >= 4 is 54.8 Å². The zero-order valence-electron chi connectivity index (χ0n) is 21.5. The van der Waals surface area contributed by atoms with Gasteiger partial charge in [0.15, 0.2) is 11.4 Å². The molecule has 0 spiro atoms. The molecule has 4 heterocycles. The molecule has 0 aliphatic rings. The molecule has 0 fully saturated rings. The highest BCUT2D eigenvalue weighted by Crippen LogP contribution is 2.34. The van der Waals surface area contributed by atoms with Crippen LogP contribution in [0.4, 0.5) is 0 Å². The van der Waals surface area contributed by atoms with Crippen molar-refractivity contribution in [1.82, 2.24) is 24.5 Å². The monoisotopic (exact) mass is 529 g/mol. The largest absolute Gasteiger partial charge is 0.456 e. The van der Waals surface area contributed by atoms with Crippen LogP contribution in [-0.2, 0) is 0 Å². The average molecular weight is 530 g/mol. The van der Waals surface area contributed by atoms with Gasteiger partial charge in [-0.25, -0.2) is 9.97 Å². The average Bonchev–Trinajstić information content (AvgIpc) is 3.72. The summed E-state index contributed by atoms with van der Waals surface area (Å²) in [5.74, 6) is 1.67. The first-order chi connectivity index (χ1) is 20.3. The maximum Gasteiger partial charge on any atom is 0.266 e. The molecule has 41 heavy (non-hydrogen) atoms. The lowest BCUT2D eigenvalue weighted by molar-refractivity contribution is 0.612. The van der Waals surface area contributed by atoms with Crippen molar-refractivity contribution in [2.75, 3.05) is 0 Å². The molecule has 192 valence electrons. The van der Waals surface area contributed by atoms with E-state index < -0.39 is 0 Å². The first-order valence-electron chi connectivity index (χ1n) is 13.3. The third kappa shape index (κ3) is 3.32. The molecule has 9 rings (SSSR count). The second-order valence-electron chi connectivity index (χ2n) is 9.95. The van der Waals surface area contributed by atoms with Crippen molar-refractivity contribution in [3.63, 3.8) is 0 Å². The number of fused-ring (bicyclic) bond motifs is 7. The van der Waals surface area contributed by atoms with Gasteiger partial charge in [0.1, 0.15) is 16.7 Å². The smallest absolute Gasteiger partial charge is 0.266 e. The van der Waals surface area contributed by atoms with Crippen LogP contribution in [0.2, 0.25) is 0 Å². The van der Waals surface area contributed by atoms with Crippen LogP contribution in [0.5, 0.6) is 0 Å². The van der Waals surface area contributed by atoms with Crippen LogP contribution in [0.25, 0.3) is 83.9 Å². The van der Waals surface area contributed by atoms with Crippen LogP contribution < -0.4 is 0 Å². The summed E-state index contributed by atoms with van der Waals surface area (Å²) in [5.41, 5.74) is 5.83. The number of nitrogens with zero attached hydrogens (tertiary/aromatic N) is 5. The van der Waals surface area contributed by atoms with Gasteiger partial charge in [-0.3, -0.25) is 4.57 Å². The fraction of sp³-hybridized carbons (Fsp3) is 0. The molecule has 0 aliphatic heterocycles. The second-order valence-corrected chi connectivity index (χ2v) is 9.95. The zero-order valence-corrected chi connectivity index (χ0v) is 21.5. The topological polar surface area (TPSA) is 82.8 Å². The number of benzene rings is 5. The molecule has 0 aliphatic carbocycles. The van der Waals surface area contributed by atoms with Gasteiger partial charge in [-0.1, -0.05) is 72.8 Å². The van der Waals surface area contributed by atoms with E-state index in [1.807, 2.05) is 78.9 Å². The van der Waals surface area contributed by atoms with Crippen LogP contribution in [0.15, 0.2) is 124 Å². The molecule has 0 N–H and O–H groups in total. The molecule has 0 bridgehead atoms. The van der Waals surface area contributed by atoms with E-state index in [9.17, 15) is 0 Å². The summed E-state index contributed by atoms with van der Waals surface area (Å²) < 4.78 is 14.4. The van der Waals surface area contributed by atoms with Crippen molar-refractivity contribution in [2.24, 2.45) is 0 Å². The summed E-state index contributed by atoms with van der Waals surface area (Å²) in [6, 6.07) is 38.3. The van der Waals surface area contributed by atoms with Crippen molar-refractivity contribution in [3.8, 4) is 29.1 Å². The number of oxazole rings is 1. The Kier molecular flexibility index (Phi) is 4.48. The minimum absolute atomic E-state index is 0.335. The Morgan fingerprint density at radius 1 is 0.463 bits per heavy atom. The van der Waals surface area contributed by atoms with Crippen LogP contribution in [0.3, 0.4) is 0 Å². The van der Waals surface area contributed by atoms with Crippen molar-refractivity contribution < 1.29 is 8.83 Å². The Morgan fingerprint density at radius 3 is 1.88 bits per heavy atom. The van der Waals surface area contributed by atoms with Gasteiger partial charge in [0, 0.05) is 27.1 Å². The molecule has 7 heteroatoms. The number of para-hydroxylation sites is 5. The van der Waals surface area contributed by atoms with Crippen LogP contribution in [-0.4, -0.2) is 24.5 Å². The predicted molar refractivity (Wildman–Crippen MR) is 160 cm³/mol. The lowest BCUT2D eigenvalue weighted by Gasteiger charge is -2.09. The molecule has 4 aromatic heterocycles. The van der Waals surface area contributed by atoms with E-state index in [-0.39, 0.29) is 0 Å². The molecule has 7 nitrogen and oxygen atoms in total. The van der Waals surface area contributed by atoms with Gasteiger partial charge in [-0.05, 0) is 42.5 Å². The molecule has 5 aromatic carbocycles. The molecule has 0 saturated heterocycles. The number of hydrogen-bond acceptors (Lipinski definition) is 6. The molecule has 0 saturated carbocycles. The minimum Gasteiger partial charge on any atom is -0.456 e. The number of aromatic nitrogens is 5. The van der Waals surface area contributed by atoms with E-state index >= 15 is 0 Å². The minimum atomic E-state index is 0.335. The summed E-state index contributed by atoms with van der Waals surface area (Å²) >= 11 is 0. The van der Waals surface area contributed by atoms with E-state index in [0.29, 0.717) is 29.1 Å². The third-order valence-corrected chi connectivity index (χ3v) is 7.53. The first kappa shape index (κ1) is 22.0. The normalized spacial score (nSPS) is 11.9. The van der Waals surface area contributed by atoms with Crippen LogP contribution in [0.1, 0.15) is 0 Å². The summed E-state index contributed by atoms with van der Waals surface area (Å²) in [7, 11) is 0. The Bertz CT molecular complexity index is 2360. The molecule has 0 unspecified atom stereocenters. The Labute approximate surface area is 232 Å². The van der Waals surface area contributed by atoms with E-state index in [1.165, 1.54) is 0 Å². The molecule has 9 aromatic rings. The predicted octanol–water partition coefficient (Wildman–Crippen LogP) is 8.34. The summed E-state index contributed by atoms with van der Waals surface area (Å²) in [6.07, 6.45) is 0. The van der Waals surface area contributed by atoms with Crippen LogP contribution in [0, 0.1) is 0 Å².